The highest BCUT2D eigenvalue weighted by atomic mass is 16.1. The van der Waals surface area contributed by atoms with Crippen LogP contribution in [0, 0.1) is 0 Å². The lowest BCUT2D eigenvalue weighted by Gasteiger charge is -2.02. The zero-order chi connectivity index (χ0) is 5.86. The predicted octanol–water partition coefficient (Wildman–Crippen LogP) is -1.68. The first-order chi connectivity index (χ1) is 3.13. The number of carbonyl (C=O) groups excluding carboxylic acids is 1. The number of hydrogen-bond donors (Lipinski definition) is 3. The van der Waals surface area contributed by atoms with Crippen molar-refractivity contribution in [2.75, 3.05) is 0 Å². The molecule has 0 rings (SSSR count). The summed E-state index contributed by atoms with van der Waals surface area (Å²) in [7, 11) is 0. The van der Waals surface area contributed by atoms with Gasteiger partial charge >= 0.3 is 0 Å². The van der Waals surface area contributed by atoms with Crippen molar-refractivity contribution in [2.24, 2.45) is 11.5 Å². The average Bonchev–Trinajstić information content (AvgIpc) is 1.27. The van der Waals surface area contributed by atoms with E-state index in [2.05, 4.69) is 5.32 Å². The van der Waals surface area contributed by atoms with E-state index in [-0.39, 0.29) is 5.91 Å². The fourth-order valence-electron chi connectivity index (χ4n) is 0.235. The minimum Gasteiger partial charge on any atom is -0.329 e. The zero-order valence-electron chi connectivity index (χ0n) is 4.14. The van der Waals surface area contributed by atoms with E-state index in [1.165, 1.54) is 6.92 Å². The second-order valence-corrected chi connectivity index (χ2v) is 1.23. The first kappa shape index (κ1) is 6.39. The standard InChI is InChI=1S/C3H9N3O/c1-2(7)6-3(4)5/h3H,4-5H2,1H3,(H,6,7). The normalized spacial score (nSPS) is 9.14. The lowest BCUT2D eigenvalue weighted by Crippen LogP contribution is -2.47. The molecule has 0 aliphatic heterocycles. The Kier molecular flexibility index (Phi) is 2.32. The van der Waals surface area contributed by atoms with Gasteiger partial charge in [-0.05, 0) is 0 Å². The van der Waals surface area contributed by atoms with Crippen LogP contribution in [0.25, 0.3) is 0 Å². The molecule has 0 unspecified atom stereocenters. The summed E-state index contributed by atoms with van der Waals surface area (Å²) >= 11 is 0. The number of amides is 1. The second kappa shape index (κ2) is 2.54. The van der Waals surface area contributed by atoms with E-state index < -0.39 is 6.29 Å². The van der Waals surface area contributed by atoms with Crippen molar-refractivity contribution in [1.82, 2.24) is 5.32 Å². The van der Waals surface area contributed by atoms with Gasteiger partial charge in [0, 0.05) is 6.92 Å². The van der Waals surface area contributed by atoms with Crippen LogP contribution in [0.4, 0.5) is 0 Å². The third kappa shape index (κ3) is 5.39. The van der Waals surface area contributed by atoms with E-state index in [0.717, 1.165) is 0 Å². The van der Waals surface area contributed by atoms with Crippen LogP contribution in [-0.4, -0.2) is 12.2 Å². The fourth-order valence-corrected chi connectivity index (χ4v) is 0.235. The molecule has 0 aliphatic carbocycles. The Bertz CT molecular complexity index is 70.6. The SMILES string of the molecule is CC(=O)NC(N)N. The quantitative estimate of drug-likeness (QED) is 0.347. The van der Waals surface area contributed by atoms with Crippen molar-refractivity contribution in [3.8, 4) is 0 Å². The maximum atomic E-state index is 9.98. The second-order valence-electron chi connectivity index (χ2n) is 1.23. The van der Waals surface area contributed by atoms with Crippen molar-refractivity contribution in [1.29, 1.82) is 0 Å². The number of nitrogens with two attached hydrogens (primary N) is 2. The molecule has 0 fully saturated rings. The molecule has 0 aromatic heterocycles. The molecule has 5 N–H and O–H groups in total. The van der Waals surface area contributed by atoms with Crippen molar-refractivity contribution < 1.29 is 4.79 Å². The van der Waals surface area contributed by atoms with Gasteiger partial charge in [-0.3, -0.25) is 16.3 Å². The average molecular weight is 103 g/mol. The molecule has 0 heterocycles. The minimum absolute atomic E-state index is 0.213. The van der Waals surface area contributed by atoms with E-state index >= 15 is 0 Å². The van der Waals surface area contributed by atoms with Crippen LogP contribution in [0.5, 0.6) is 0 Å². The highest BCUT2D eigenvalue weighted by molar-refractivity contribution is 5.72. The Balaban J connectivity index is 3.13. The van der Waals surface area contributed by atoms with E-state index in [9.17, 15) is 4.79 Å². The van der Waals surface area contributed by atoms with Crippen molar-refractivity contribution in [3.05, 3.63) is 0 Å². The molecule has 4 nitrogen and oxygen atoms in total. The molecular weight excluding hydrogens is 94.1 g/mol. The Morgan fingerprint density at radius 3 is 2.14 bits per heavy atom. The molecule has 0 saturated heterocycles. The van der Waals surface area contributed by atoms with Gasteiger partial charge < -0.3 is 5.32 Å². The third-order valence-corrected chi connectivity index (χ3v) is 0.370. The summed E-state index contributed by atoms with van der Waals surface area (Å²) in [6, 6.07) is 0. The van der Waals surface area contributed by atoms with Gasteiger partial charge in [0.25, 0.3) is 0 Å². The van der Waals surface area contributed by atoms with Gasteiger partial charge in [0.1, 0.15) is 6.29 Å². The minimum atomic E-state index is -0.725. The molecule has 0 spiro atoms. The highest BCUT2D eigenvalue weighted by Crippen LogP contribution is 1.55. The van der Waals surface area contributed by atoms with Crippen molar-refractivity contribution in [2.45, 2.75) is 13.2 Å². The van der Waals surface area contributed by atoms with E-state index in [1.54, 1.807) is 0 Å². The van der Waals surface area contributed by atoms with Crippen LogP contribution in [0.15, 0.2) is 0 Å². The van der Waals surface area contributed by atoms with Gasteiger partial charge in [-0.15, -0.1) is 0 Å². The van der Waals surface area contributed by atoms with Crippen molar-refractivity contribution >= 4 is 5.91 Å². The van der Waals surface area contributed by atoms with E-state index in [1.807, 2.05) is 0 Å². The summed E-state index contributed by atoms with van der Waals surface area (Å²) in [5.41, 5.74) is 9.88. The first-order valence-electron chi connectivity index (χ1n) is 1.91. The van der Waals surface area contributed by atoms with Crippen LogP contribution in [-0.2, 0) is 4.79 Å². The van der Waals surface area contributed by atoms with Crippen LogP contribution >= 0.6 is 0 Å². The largest absolute Gasteiger partial charge is 0.329 e. The monoisotopic (exact) mass is 103 g/mol. The molecule has 0 aromatic carbocycles. The third-order valence-electron chi connectivity index (χ3n) is 0.370. The fraction of sp³-hybridized carbons (Fsp3) is 0.667. The lowest BCUT2D eigenvalue weighted by molar-refractivity contribution is -0.119. The maximum Gasteiger partial charge on any atom is 0.219 e. The van der Waals surface area contributed by atoms with Crippen LogP contribution in [0.2, 0.25) is 0 Å². The van der Waals surface area contributed by atoms with Gasteiger partial charge in [-0.2, -0.15) is 0 Å². The predicted molar refractivity (Wildman–Crippen MR) is 26.0 cm³/mol. The molecule has 4 heteroatoms. The summed E-state index contributed by atoms with van der Waals surface area (Å²) in [5, 5.41) is 2.22. The van der Waals surface area contributed by atoms with Gasteiger partial charge in [-0.25, -0.2) is 0 Å². The molecule has 0 bridgehead atoms. The highest BCUT2D eigenvalue weighted by Gasteiger charge is 1.91. The van der Waals surface area contributed by atoms with E-state index in [4.69, 9.17) is 11.5 Å². The van der Waals surface area contributed by atoms with Gasteiger partial charge in [0.05, 0.1) is 0 Å². The number of carbonyl (C=O) groups is 1. The van der Waals surface area contributed by atoms with Gasteiger partial charge in [0.15, 0.2) is 0 Å². The molecule has 0 aliphatic rings. The summed E-state index contributed by atoms with van der Waals surface area (Å²) < 4.78 is 0. The topological polar surface area (TPSA) is 81.1 Å². The Labute approximate surface area is 41.9 Å². The molecule has 0 saturated carbocycles. The summed E-state index contributed by atoms with van der Waals surface area (Å²) in [6.07, 6.45) is -0.725. The molecule has 1 amide bonds. The molecule has 0 radical (unpaired) electrons. The molecule has 42 valence electrons. The zero-order valence-corrected chi connectivity index (χ0v) is 4.14. The first-order valence-corrected chi connectivity index (χ1v) is 1.91. The van der Waals surface area contributed by atoms with Crippen LogP contribution < -0.4 is 16.8 Å². The van der Waals surface area contributed by atoms with Gasteiger partial charge in [-0.1, -0.05) is 0 Å². The summed E-state index contributed by atoms with van der Waals surface area (Å²) in [5.74, 6) is -0.213. The Morgan fingerprint density at radius 2 is 2.14 bits per heavy atom. The number of hydrogen-bond acceptors (Lipinski definition) is 3. The van der Waals surface area contributed by atoms with Crippen molar-refractivity contribution in [3.63, 3.8) is 0 Å². The summed E-state index contributed by atoms with van der Waals surface area (Å²) in [6.45, 7) is 1.35. The molecule has 7 heavy (non-hydrogen) atoms. The molecule has 0 aromatic rings. The number of nitrogens with one attached hydrogen (secondary N) is 1. The molecular formula is C3H9N3O. The Hall–Kier alpha value is -0.610. The van der Waals surface area contributed by atoms with E-state index in [0.29, 0.717) is 0 Å². The van der Waals surface area contributed by atoms with Crippen LogP contribution in [0.3, 0.4) is 0 Å². The maximum absolute atomic E-state index is 9.98. The summed E-state index contributed by atoms with van der Waals surface area (Å²) in [4.78, 5) is 9.98. The van der Waals surface area contributed by atoms with Gasteiger partial charge in [0.2, 0.25) is 5.91 Å². The Morgan fingerprint density at radius 1 is 1.71 bits per heavy atom. The van der Waals surface area contributed by atoms with Crippen LogP contribution in [0.1, 0.15) is 6.92 Å². The smallest absolute Gasteiger partial charge is 0.219 e. The molecule has 0 atom stereocenters. The number of rotatable bonds is 1. The lowest BCUT2D eigenvalue weighted by atomic mass is 10.7.